The standard InChI is InChI=1S/C25H32FN3O2/c1-5-24-23(17-28(15-18(2)3)16-19(4)30)25(31-22-13-11-20(26)12-14-22)29(27-24)21-9-7-6-8-10-21/h6-14,18-19,30H,5,15-17H2,1-4H3. The van der Waals surface area contributed by atoms with Crippen LogP contribution in [0.25, 0.3) is 5.69 Å². The van der Waals surface area contributed by atoms with Crippen molar-refractivity contribution in [1.29, 1.82) is 0 Å². The van der Waals surface area contributed by atoms with E-state index < -0.39 is 6.10 Å². The van der Waals surface area contributed by atoms with E-state index >= 15 is 0 Å². The molecule has 2 aromatic carbocycles. The number of hydrogen-bond acceptors (Lipinski definition) is 4. The minimum atomic E-state index is -0.436. The fraction of sp³-hybridized carbons (Fsp3) is 0.400. The third-order valence-corrected chi connectivity index (χ3v) is 4.91. The number of ether oxygens (including phenoxy) is 1. The number of aromatic nitrogens is 2. The van der Waals surface area contributed by atoms with Crippen LogP contribution < -0.4 is 4.74 Å². The van der Waals surface area contributed by atoms with Gasteiger partial charge in [-0.15, -0.1) is 0 Å². The first-order valence-corrected chi connectivity index (χ1v) is 10.9. The van der Waals surface area contributed by atoms with E-state index in [2.05, 4.69) is 25.7 Å². The van der Waals surface area contributed by atoms with Crippen molar-refractivity contribution in [2.24, 2.45) is 5.92 Å². The molecule has 0 bridgehead atoms. The number of aliphatic hydroxyl groups is 1. The molecule has 0 fully saturated rings. The molecule has 0 saturated heterocycles. The van der Waals surface area contributed by atoms with Crippen LogP contribution in [-0.4, -0.2) is 39.0 Å². The van der Waals surface area contributed by atoms with Crippen molar-refractivity contribution < 1.29 is 14.2 Å². The highest BCUT2D eigenvalue weighted by molar-refractivity contribution is 5.43. The summed E-state index contributed by atoms with van der Waals surface area (Å²) in [7, 11) is 0. The van der Waals surface area contributed by atoms with Gasteiger partial charge in [-0.1, -0.05) is 39.0 Å². The smallest absolute Gasteiger partial charge is 0.227 e. The van der Waals surface area contributed by atoms with Crippen LogP contribution in [0.1, 0.15) is 39.0 Å². The molecule has 166 valence electrons. The molecule has 1 atom stereocenters. The number of para-hydroxylation sites is 1. The molecule has 0 saturated carbocycles. The Hall–Kier alpha value is -2.70. The first-order valence-electron chi connectivity index (χ1n) is 10.9. The lowest BCUT2D eigenvalue weighted by molar-refractivity contribution is 0.114. The Bertz CT molecular complexity index is 943. The Kier molecular flexibility index (Phi) is 7.82. The molecule has 1 N–H and O–H groups in total. The molecule has 5 nitrogen and oxygen atoms in total. The van der Waals surface area contributed by atoms with E-state index in [0.29, 0.717) is 30.6 Å². The van der Waals surface area contributed by atoms with Gasteiger partial charge in [0, 0.05) is 19.6 Å². The lowest BCUT2D eigenvalue weighted by atomic mass is 10.1. The predicted octanol–water partition coefficient (Wildman–Crippen LogP) is 5.20. The molecule has 0 amide bonds. The van der Waals surface area contributed by atoms with Crippen molar-refractivity contribution in [2.45, 2.75) is 46.8 Å². The average molecular weight is 426 g/mol. The van der Waals surface area contributed by atoms with Crippen LogP contribution in [-0.2, 0) is 13.0 Å². The van der Waals surface area contributed by atoms with E-state index in [1.807, 2.05) is 35.0 Å². The van der Waals surface area contributed by atoms with E-state index in [9.17, 15) is 9.50 Å². The Morgan fingerprint density at radius 2 is 1.71 bits per heavy atom. The molecule has 1 heterocycles. The SMILES string of the molecule is CCc1nn(-c2ccccc2)c(Oc2ccc(F)cc2)c1CN(CC(C)C)CC(C)O. The second kappa shape index (κ2) is 10.6. The maximum atomic E-state index is 13.4. The summed E-state index contributed by atoms with van der Waals surface area (Å²) in [6.45, 7) is 10.2. The van der Waals surface area contributed by atoms with Gasteiger partial charge in [-0.05, 0) is 55.7 Å². The number of aliphatic hydroxyl groups excluding tert-OH is 1. The number of rotatable bonds is 10. The van der Waals surface area contributed by atoms with Gasteiger partial charge in [-0.25, -0.2) is 9.07 Å². The van der Waals surface area contributed by atoms with Gasteiger partial charge in [0.15, 0.2) is 0 Å². The van der Waals surface area contributed by atoms with Crippen molar-refractivity contribution in [3.05, 3.63) is 71.7 Å². The van der Waals surface area contributed by atoms with Gasteiger partial charge in [0.25, 0.3) is 0 Å². The Labute approximate surface area is 184 Å². The maximum Gasteiger partial charge on any atom is 0.227 e. The number of nitrogens with zero attached hydrogens (tertiary/aromatic N) is 3. The van der Waals surface area contributed by atoms with Gasteiger partial charge >= 0.3 is 0 Å². The minimum absolute atomic E-state index is 0.307. The van der Waals surface area contributed by atoms with Crippen molar-refractivity contribution in [3.8, 4) is 17.3 Å². The Morgan fingerprint density at radius 3 is 2.29 bits per heavy atom. The zero-order valence-electron chi connectivity index (χ0n) is 18.8. The fourth-order valence-electron chi connectivity index (χ4n) is 3.70. The summed E-state index contributed by atoms with van der Waals surface area (Å²) in [6, 6.07) is 15.9. The van der Waals surface area contributed by atoms with Gasteiger partial charge < -0.3 is 9.84 Å². The molecule has 3 aromatic rings. The van der Waals surface area contributed by atoms with Crippen LogP contribution >= 0.6 is 0 Å². The normalized spacial score (nSPS) is 12.5. The third kappa shape index (κ3) is 6.15. The molecule has 0 aliphatic heterocycles. The van der Waals surface area contributed by atoms with Gasteiger partial charge in [-0.2, -0.15) is 5.10 Å². The monoisotopic (exact) mass is 425 g/mol. The number of aryl methyl sites for hydroxylation is 1. The van der Waals surface area contributed by atoms with Crippen LogP contribution in [0, 0.1) is 11.7 Å². The lowest BCUT2D eigenvalue weighted by Crippen LogP contribution is -2.33. The summed E-state index contributed by atoms with van der Waals surface area (Å²) in [6.07, 6.45) is 0.313. The van der Waals surface area contributed by atoms with Crippen molar-refractivity contribution in [1.82, 2.24) is 14.7 Å². The molecule has 31 heavy (non-hydrogen) atoms. The Balaban J connectivity index is 2.06. The molecule has 0 radical (unpaired) electrons. The van der Waals surface area contributed by atoms with Crippen molar-refractivity contribution in [2.75, 3.05) is 13.1 Å². The highest BCUT2D eigenvalue weighted by atomic mass is 19.1. The van der Waals surface area contributed by atoms with Crippen LogP contribution in [0.2, 0.25) is 0 Å². The van der Waals surface area contributed by atoms with Crippen LogP contribution in [0.15, 0.2) is 54.6 Å². The summed E-state index contributed by atoms with van der Waals surface area (Å²) in [4.78, 5) is 2.23. The van der Waals surface area contributed by atoms with E-state index in [-0.39, 0.29) is 5.82 Å². The molecule has 3 rings (SSSR count). The number of benzene rings is 2. The van der Waals surface area contributed by atoms with Crippen LogP contribution in [0.4, 0.5) is 4.39 Å². The van der Waals surface area contributed by atoms with E-state index in [0.717, 1.165) is 29.9 Å². The largest absolute Gasteiger partial charge is 0.439 e. The van der Waals surface area contributed by atoms with Gasteiger partial charge in [0.2, 0.25) is 5.88 Å². The summed E-state index contributed by atoms with van der Waals surface area (Å²) in [5.41, 5.74) is 2.82. The zero-order chi connectivity index (χ0) is 22.4. The average Bonchev–Trinajstić information content (AvgIpc) is 3.06. The molecule has 1 aromatic heterocycles. The number of hydrogen-bond donors (Lipinski definition) is 1. The van der Waals surface area contributed by atoms with E-state index in [1.165, 1.54) is 12.1 Å². The Morgan fingerprint density at radius 1 is 1.03 bits per heavy atom. The molecular weight excluding hydrogens is 393 g/mol. The highest BCUT2D eigenvalue weighted by Crippen LogP contribution is 2.32. The summed E-state index contributed by atoms with van der Waals surface area (Å²) in [5, 5.41) is 14.9. The minimum Gasteiger partial charge on any atom is -0.439 e. The lowest BCUT2D eigenvalue weighted by Gasteiger charge is -2.26. The van der Waals surface area contributed by atoms with E-state index in [4.69, 9.17) is 9.84 Å². The molecule has 6 heteroatoms. The van der Waals surface area contributed by atoms with Gasteiger partial charge in [0.1, 0.15) is 11.6 Å². The third-order valence-electron chi connectivity index (χ3n) is 4.91. The fourth-order valence-corrected chi connectivity index (χ4v) is 3.70. The maximum absolute atomic E-state index is 13.4. The molecule has 1 unspecified atom stereocenters. The molecular formula is C25H32FN3O2. The summed E-state index contributed by atoms with van der Waals surface area (Å²) >= 11 is 0. The van der Waals surface area contributed by atoms with E-state index in [1.54, 1.807) is 19.1 Å². The second-order valence-electron chi connectivity index (χ2n) is 8.32. The molecule has 0 aliphatic rings. The van der Waals surface area contributed by atoms with Crippen molar-refractivity contribution in [3.63, 3.8) is 0 Å². The number of halogens is 1. The van der Waals surface area contributed by atoms with Gasteiger partial charge in [0.05, 0.1) is 23.0 Å². The first kappa shape index (κ1) is 23.0. The van der Waals surface area contributed by atoms with Gasteiger partial charge in [-0.3, -0.25) is 4.90 Å². The van der Waals surface area contributed by atoms with Crippen LogP contribution in [0.5, 0.6) is 11.6 Å². The highest BCUT2D eigenvalue weighted by Gasteiger charge is 2.23. The topological polar surface area (TPSA) is 50.5 Å². The van der Waals surface area contributed by atoms with Crippen molar-refractivity contribution >= 4 is 0 Å². The second-order valence-corrected chi connectivity index (χ2v) is 8.32. The molecule has 0 spiro atoms. The molecule has 0 aliphatic carbocycles. The summed E-state index contributed by atoms with van der Waals surface area (Å²) in [5.74, 6) is 1.32. The van der Waals surface area contributed by atoms with Crippen LogP contribution in [0.3, 0.4) is 0 Å². The first-order chi connectivity index (χ1) is 14.9. The predicted molar refractivity (Wildman–Crippen MR) is 121 cm³/mol. The zero-order valence-corrected chi connectivity index (χ0v) is 18.8. The quantitative estimate of drug-likeness (QED) is 0.485. The summed E-state index contributed by atoms with van der Waals surface area (Å²) < 4.78 is 21.5.